The van der Waals surface area contributed by atoms with Crippen molar-refractivity contribution < 1.29 is 27.8 Å². The number of methoxy groups -OCH3 is 1. The van der Waals surface area contributed by atoms with Gasteiger partial charge in [-0.05, 0) is 49.7 Å². The van der Waals surface area contributed by atoms with Gasteiger partial charge in [0.15, 0.2) is 5.82 Å². The van der Waals surface area contributed by atoms with Gasteiger partial charge in [-0.25, -0.2) is 9.97 Å². The van der Waals surface area contributed by atoms with Crippen LogP contribution in [0.1, 0.15) is 25.0 Å². The molecule has 3 aromatic rings. The molecule has 3 rings (SSSR count). The third-order valence-corrected chi connectivity index (χ3v) is 6.36. The summed E-state index contributed by atoms with van der Waals surface area (Å²) in [7, 11) is 1.59. The number of alkyl halides is 3. The average Bonchev–Trinajstić information content (AvgIpc) is 2.82. The number of carboxylic acids is 1. The number of thioether (sulfide) groups is 1. The van der Waals surface area contributed by atoms with Crippen molar-refractivity contribution in [3.05, 3.63) is 71.9 Å². The first-order chi connectivity index (χ1) is 16.5. The Morgan fingerprint density at radius 2 is 1.83 bits per heavy atom. The number of nitrogens with zero attached hydrogens (tertiary/aromatic N) is 3. The second-order valence-electron chi connectivity index (χ2n) is 8.29. The smallest absolute Gasteiger partial charge is 0.416 e. The van der Waals surface area contributed by atoms with Gasteiger partial charge in [-0.15, -0.1) is 11.8 Å². The quantitative estimate of drug-likeness (QED) is 0.351. The van der Waals surface area contributed by atoms with Crippen molar-refractivity contribution in [1.29, 1.82) is 0 Å². The maximum Gasteiger partial charge on any atom is 0.416 e. The molecule has 0 atom stereocenters. The van der Waals surface area contributed by atoms with E-state index in [9.17, 15) is 23.1 Å². The van der Waals surface area contributed by atoms with E-state index in [-0.39, 0.29) is 11.4 Å². The van der Waals surface area contributed by atoms with Crippen LogP contribution in [0.4, 0.5) is 19.0 Å². The van der Waals surface area contributed by atoms with Crippen LogP contribution < -0.4 is 4.90 Å². The maximum absolute atomic E-state index is 13.1. The van der Waals surface area contributed by atoms with E-state index in [1.807, 2.05) is 29.2 Å². The van der Waals surface area contributed by atoms with Crippen molar-refractivity contribution in [1.82, 2.24) is 9.97 Å². The molecule has 1 N–H and O–H groups in total. The van der Waals surface area contributed by atoms with Gasteiger partial charge in [-0.3, -0.25) is 4.79 Å². The van der Waals surface area contributed by atoms with Crippen LogP contribution in [0, 0.1) is 0 Å². The molecule has 0 saturated heterocycles. The minimum absolute atomic E-state index is 0.193. The minimum atomic E-state index is -4.46. The Bertz CT molecular complexity index is 1150. The lowest BCUT2D eigenvalue weighted by Crippen LogP contribution is -2.28. The van der Waals surface area contributed by atoms with E-state index < -0.39 is 22.5 Å². The Labute approximate surface area is 206 Å². The first-order valence-electron chi connectivity index (χ1n) is 10.8. The van der Waals surface area contributed by atoms with E-state index in [0.717, 1.165) is 22.6 Å². The monoisotopic (exact) mass is 505 g/mol. The molecule has 0 saturated carbocycles. The average molecular weight is 506 g/mol. The molecule has 186 valence electrons. The number of aromatic nitrogens is 2. The Morgan fingerprint density at radius 3 is 2.46 bits per heavy atom. The summed E-state index contributed by atoms with van der Waals surface area (Å²) in [5.74, 6) is -0.147. The fourth-order valence-corrected chi connectivity index (χ4v) is 4.15. The number of anilines is 1. The number of hydrogen-bond acceptors (Lipinski definition) is 6. The van der Waals surface area contributed by atoms with Crippen LogP contribution in [-0.2, 0) is 22.3 Å². The fourth-order valence-electron chi connectivity index (χ4n) is 3.20. The summed E-state index contributed by atoms with van der Waals surface area (Å²) < 4.78 is 43.7. The van der Waals surface area contributed by atoms with Gasteiger partial charge in [0.1, 0.15) is 10.6 Å². The number of rotatable bonds is 10. The molecule has 35 heavy (non-hydrogen) atoms. The van der Waals surface area contributed by atoms with Crippen molar-refractivity contribution in [2.45, 2.75) is 36.2 Å². The largest absolute Gasteiger partial charge is 0.480 e. The van der Waals surface area contributed by atoms with Crippen molar-refractivity contribution >= 4 is 23.5 Å². The van der Waals surface area contributed by atoms with Crippen molar-refractivity contribution in [3.8, 4) is 11.4 Å². The summed E-state index contributed by atoms with van der Waals surface area (Å²) >= 11 is 1.26. The van der Waals surface area contributed by atoms with Crippen LogP contribution in [0.3, 0.4) is 0 Å². The van der Waals surface area contributed by atoms with Crippen molar-refractivity contribution in [2.75, 3.05) is 25.2 Å². The zero-order valence-electron chi connectivity index (χ0n) is 19.5. The molecule has 0 aliphatic rings. The first kappa shape index (κ1) is 26.5. The van der Waals surface area contributed by atoms with Gasteiger partial charge in [0.25, 0.3) is 0 Å². The number of ether oxygens (including phenoxy) is 1. The van der Waals surface area contributed by atoms with Crippen LogP contribution in [0.25, 0.3) is 11.4 Å². The Hall–Kier alpha value is -3.11. The number of benzene rings is 2. The van der Waals surface area contributed by atoms with E-state index >= 15 is 0 Å². The molecule has 2 aromatic carbocycles. The zero-order chi connectivity index (χ0) is 25.6. The molecule has 1 heterocycles. The third kappa shape index (κ3) is 7.19. The summed E-state index contributed by atoms with van der Waals surface area (Å²) in [6.07, 6.45) is -2.94. The lowest BCUT2D eigenvalue weighted by Gasteiger charge is -2.24. The van der Waals surface area contributed by atoms with Gasteiger partial charge < -0.3 is 14.7 Å². The van der Waals surface area contributed by atoms with E-state index in [2.05, 4.69) is 9.97 Å². The molecule has 0 radical (unpaired) electrons. The summed E-state index contributed by atoms with van der Waals surface area (Å²) in [6.45, 7) is 4.69. The van der Waals surface area contributed by atoms with Crippen LogP contribution in [0.15, 0.2) is 65.7 Å². The molecule has 0 amide bonds. The number of hydrogen-bond donors (Lipinski definition) is 1. The van der Waals surface area contributed by atoms with E-state index in [1.165, 1.54) is 24.0 Å². The molecule has 0 aliphatic heterocycles. The second kappa shape index (κ2) is 11.1. The summed E-state index contributed by atoms with van der Waals surface area (Å²) in [6, 6.07) is 14.2. The summed E-state index contributed by atoms with van der Waals surface area (Å²) in [4.78, 5) is 22.9. The van der Waals surface area contributed by atoms with Crippen LogP contribution in [0.5, 0.6) is 0 Å². The van der Waals surface area contributed by atoms with Gasteiger partial charge in [0.05, 0.1) is 12.2 Å². The minimum Gasteiger partial charge on any atom is -0.480 e. The van der Waals surface area contributed by atoms with Crippen LogP contribution >= 0.6 is 11.8 Å². The van der Waals surface area contributed by atoms with Gasteiger partial charge >= 0.3 is 12.1 Å². The predicted octanol–water partition coefficient (Wildman–Crippen LogP) is 5.77. The molecule has 10 heteroatoms. The lowest BCUT2D eigenvalue weighted by molar-refractivity contribution is -0.139. The standard InChI is InChI=1S/C25H26F3N3O3S/c1-24(2,23(32)33)35-20-9-7-17(8-10-20)16-31(13-14-34-3)21-11-12-29-22(30-21)18-5-4-6-19(15-18)25(26,27)28/h4-12,15H,13-14,16H2,1-3H3,(H,32,33). The fraction of sp³-hybridized carbons (Fsp3) is 0.320. The van der Waals surface area contributed by atoms with Gasteiger partial charge in [-0.2, -0.15) is 13.2 Å². The Morgan fingerprint density at radius 1 is 1.11 bits per heavy atom. The third-order valence-electron chi connectivity index (χ3n) is 5.16. The second-order valence-corrected chi connectivity index (χ2v) is 9.99. The molecule has 0 spiro atoms. The molecule has 0 unspecified atom stereocenters. The Kier molecular flexibility index (Phi) is 8.39. The van der Waals surface area contributed by atoms with Crippen molar-refractivity contribution in [3.63, 3.8) is 0 Å². The van der Waals surface area contributed by atoms with E-state index in [1.54, 1.807) is 33.1 Å². The Balaban J connectivity index is 1.83. The molecular weight excluding hydrogens is 479 g/mol. The molecule has 6 nitrogen and oxygen atoms in total. The SMILES string of the molecule is COCCN(Cc1ccc(SC(C)(C)C(=O)O)cc1)c1ccnc(-c2cccc(C(F)(F)F)c2)n1. The highest BCUT2D eigenvalue weighted by Crippen LogP contribution is 2.33. The molecule has 0 aliphatic carbocycles. The number of carboxylic acid groups (broad SMARTS) is 1. The molecule has 0 fully saturated rings. The van der Waals surface area contributed by atoms with Gasteiger partial charge in [0.2, 0.25) is 0 Å². The van der Waals surface area contributed by atoms with Crippen LogP contribution in [0.2, 0.25) is 0 Å². The summed E-state index contributed by atoms with van der Waals surface area (Å²) in [5.41, 5.74) is 0.470. The van der Waals surface area contributed by atoms with Gasteiger partial charge in [-0.1, -0.05) is 24.3 Å². The highest BCUT2D eigenvalue weighted by Gasteiger charge is 2.31. The number of aliphatic carboxylic acids is 1. The highest BCUT2D eigenvalue weighted by atomic mass is 32.2. The van der Waals surface area contributed by atoms with E-state index in [4.69, 9.17) is 4.74 Å². The van der Waals surface area contributed by atoms with E-state index in [0.29, 0.717) is 25.5 Å². The maximum atomic E-state index is 13.1. The molecule has 1 aromatic heterocycles. The molecule has 0 bridgehead atoms. The first-order valence-corrected chi connectivity index (χ1v) is 11.6. The number of carbonyl (C=O) groups is 1. The topological polar surface area (TPSA) is 75.5 Å². The molecular formula is C25H26F3N3O3S. The van der Waals surface area contributed by atoms with Crippen molar-refractivity contribution in [2.24, 2.45) is 0 Å². The summed E-state index contributed by atoms with van der Waals surface area (Å²) in [5, 5.41) is 9.34. The van der Waals surface area contributed by atoms with Gasteiger partial charge in [0, 0.05) is 36.9 Å². The van der Waals surface area contributed by atoms with Crippen LogP contribution in [-0.4, -0.2) is 46.1 Å². The zero-order valence-corrected chi connectivity index (χ0v) is 20.4. The normalized spacial score (nSPS) is 11.9. The highest BCUT2D eigenvalue weighted by molar-refractivity contribution is 8.01. The number of halogens is 3. The predicted molar refractivity (Wildman–Crippen MR) is 129 cm³/mol. The lowest BCUT2D eigenvalue weighted by atomic mass is 10.1.